The average molecular weight is 267 g/mol. The van der Waals surface area contributed by atoms with E-state index in [0.717, 1.165) is 38.0 Å². The van der Waals surface area contributed by atoms with Crippen LogP contribution in [0.2, 0.25) is 0 Å². The summed E-state index contributed by atoms with van der Waals surface area (Å²) in [5, 5.41) is 9.38. The smallest absolute Gasteiger partial charge is 0.329 e. The standard InChI is InChI=1S/C15H25NO3/c1-3-11-5-7-12(8-6-11)13(17)16-10-4-9-15(16,2)14(18)19/h11-12H,3-10H2,1-2H3,(H,18,19). The first kappa shape index (κ1) is 14.4. The van der Waals surface area contributed by atoms with E-state index in [1.807, 2.05) is 0 Å². The molecule has 1 saturated heterocycles. The Labute approximate surface area is 115 Å². The Morgan fingerprint density at radius 2 is 1.89 bits per heavy atom. The molecule has 1 amide bonds. The maximum absolute atomic E-state index is 12.6. The zero-order valence-corrected chi connectivity index (χ0v) is 12.0. The Bertz CT molecular complexity index is 360. The quantitative estimate of drug-likeness (QED) is 0.855. The van der Waals surface area contributed by atoms with Gasteiger partial charge in [0.15, 0.2) is 0 Å². The van der Waals surface area contributed by atoms with Gasteiger partial charge in [0.25, 0.3) is 0 Å². The molecule has 4 heteroatoms. The summed E-state index contributed by atoms with van der Waals surface area (Å²) in [5.74, 6) is 0.0330. The minimum atomic E-state index is -0.974. The van der Waals surface area contributed by atoms with Crippen molar-refractivity contribution in [2.75, 3.05) is 6.54 Å². The highest BCUT2D eigenvalue weighted by Gasteiger charge is 2.47. The Kier molecular flexibility index (Phi) is 4.16. The van der Waals surface area contributed by atoms with Crippen molar-refractivity contribution in [3.8, 4) is 0 Å². The fourth-order valence-corrected chi connectivity index (χ4v) is 3.58. The molecule has 108 valence electrons. The molecule has 0 bridgehead atoms. The molecule has 1 N–H and O–H groups in total. The van der Waals surface area contributed by atoms with Crippen LogP contribution in [0.25, 0.3) is 0 Å². The Balaban J connectivity index is 2.02. The van der Waals surface area contributed by atoms with Crippen LogP contribution in [0.3, 0.4) is 0 Å². The average Bonchev–Trinajstić information content (AvgIpc) is 2.81. The van der Waals surface area contributed by atoms with Gasteiger partial charge in [0, 0.05) is 12.5 Å². The molecule has 2 aliphatic rings. The van der Waals surface area contributed by atoms with Crippen molar-refractivity contribution < 1.29 is 14.7 Å². The minimum absolute atomic E-state index is 0.0552. The van der Waals surface area contributed by atoms with Gasteiger partial charge in [-0.05, 0) is 51.4 Å². The SMILES string of the molecule is CCC1CCC(C(=O)N2CCCC2(C)C(=O)O)CC1. The van der Waals surface area contributed by atoms with Crippen molar-refractivity contribution in [2.24, 2.45) is 11.8 Å². The third kappa shape index (κ3) is 2.63. The highest BCUT2D eigenvalue weighted by atomic mass is 16.4. The molecule has 2 rings (SSSR count). The van der Waals surface area contributed by atoms with Crippen molar-refractivity contribution in [2.45, 2.75) is 64.3 Å². The molecule has 1 aliphatic heterocycles. The molecule has 0 aromatic rings. The summed E-state index contributed by atoms with van der Waals surface area (Å²) < 4.78 is 0. The second kappa shape index (κ2) is 5.51. The topological polar surface area (TPSA) is 57.6 Å². The third-order valence-electron chi connectivity index (χ3n) is 5.14. The Morgan fingerprint density at radius 3 is 2.42 bits per heavy atom. The van der Waals surface area contributed by atoms with Crippen LogP contribution in [-0.4, -0.2) is 34.0 Å². The van der Waals surface area contributed by atoms with Gasteiger partial charge in [-0.2, -0.15) is 0 Å². The monoisotopic (exact) mass is 267 g/mol. The molecule has 0 aromatic heterocycles. The number of carbonyl (C=O) groups is 2. The molecular formula is C15H25NO3. The molecule has 1 unspecified atom stereocenters. The van der Waals surface area contributed by atoms with Gasteiger partial charge in [-0.25, -0.2) is 4.79 Å². The summed E-state index contributed by atoms with van der Waals surface area (Å²) >= 11 is 0. The van der Waals surface area contributed by atoms with Crippen LogP contribution in [0.1, 0.15) is 58.8 Å². The maximum atomic E-state index is 12.6. The second-order valence-electron chi connectivity index (χ2n) is 6.30. The highest BCUT2D eigenvalue weighted by molar-refractivity contribution is 5.88. The van der Waals surface area contributed by atoms with E-state index in [9.17, 15) is 14.7 Å². The largest absolute Gasteiger partial charge is 0.480 e. The number of carboxylic acid groups (broad SMARTS) is 1. The number of carbonyl (C=O) groups excluding carboxylic acids is 1. The van der Waals surface area contributed by atoms with E-state index in [1.165, 1.54) is 6.42 Å². The van der Waals surface area contributed by atoms with Gasteiger partial charge in [-0.1, -0.05) is 13.3 Å². The fraction of sp³-hybridized carbons (Fsp3) is 0.867. The summed E-state index contributed by atoms with van der Waals surface area (Å²) in [6, 6.07) is 0. The van der Waals surface area contributed by atoms with Gasteiger partial charge < -0.3 is 10.0 Å². The molecule has 4 nitrogen and oxygen atoms in total. The Hall–Kier alpha value is -1.06. The van der Waals surface area contributed by atoms with Crippen molar-refractivity contribution >= 4 is 11.9 Å². The zero-order valence-electron chi connectivity index (χ0n) is 12.0. The third-order valence-corrected chi connectivity index (χ3v) is 5.14. The van der Waals surface area contributed by atoms with Crippen LogP contribution >= 0.6 is 0 Å². The van der Waals surface area contributed by atoms with Crippen LogP contribution in [0.15, 0.2) is 0 Å². The van der Waals surface area contributed by atoms with Gasteiger partial charge in [0.1, 0.15) is 5.54 Å². The molecule has 19 heavy (non-hydrogen) atoms. The van der Waals surface area contributed by atoms with Gasteiger partial charge in [0.05, 0.1) is 0 Å². The zero-order chi connectivity index (χ0) is 14.0. The molecule has 0 aromatic carbocycles. The van der Waals surface area contributed by atoms with Gasteiger partial charge in [0.2, 0.25) is 5.91 Å². The fourth-order valence-electron chi connectivity index (χ4n) is 3.58. The first-order valence-corrected chi connectivity index (χ1v) is 7.54. The molecule has 0 spiro atoms. The number of aliphatic carboxylic acids is 1. The van der Waals surface area contributed by atoms with Gasteiger partial charge >= 0.3 is 5.97 Å². The van der Waals surface area contributed by atoms with Crippen LogP contribution < -0.4 is 0 Å². The second-order valence-corrected chi connectivity index (χ2v) is 6.30. The maximum Gasteiger partial charge on any atom is 0.329 e. The van der Waals surface area contributed by atoms with Crippen LogP contribution in [0.4, 0.5) is 0 Å². The molecule has 0 radical (unpaired) electrons. The lowest BCUT2D eigenvalue weighted by molar-refractivity contribution is -0.157. The molecule has 1 atom stereocenters. The summed E-state index contributed by atoms with van der Waals surface area (Å²) in [4.78, 5) is 25.6. The van der Waals surface area contributed by atoms with Crippen molar-refractivity contribution in [3.05, 3.63) is 0 Å². The number of likely N-dealkylation sites (tertiary alicyclic amines) is 1. The molecular weight excluding hydrogens is 242 g/mol. The summed E-state index contributed by atoms with van der Waals surface area (Å²) in [6.45, 7) is 4.50. The first-order chi connectivity index (χ1) is 8.99. The molecule has 1 saturated carbocycles. The predicted molar refractivity (Wildman–Crippen MR) is 72.7 cm³/mol. The van der Waals surface area contributed by atoms with E-state index in [2.05, 4.69) is 6.92 Å². The van der Waals surface area contributed by atoms with E-state index in [4.69, 9.17) is 0 Å². The minimum Gasteiger partial charge on any atom is -0.480 e. The predicted octanol–water partition coefficient (Wildman–Crippen LogP) is 2.67. The van der Waals surface area contributed by atoms with E-state index in [0.29, 0.717) is 13.0 Å². The number of carboxylic acids is 1. The van der Waals surface area contributed by atoms with Crippen LogP contribution in [-0.2, 0) is 9.59 Å². The van der Waals surface area contributed by atoms with Crippen LogP contribution in [0, 0.1) is 11.8 Å². The lowest BCUT2D eigenvalue weighted by Crippen LogP contribution is -2.52. The number of rotatable bonds is 3. The van der Waals surface area contributed by atoms with E-state index < -0.39 is 11.5 Å². The molecule has 2 fully saturated rings. The van der Waals surface area contributed by atoms with Crippen molar-refractivity contribution in [3.63, 3.8) is 0 Å². The van der Waals surface area contributed by atoms with E-state index >= 15 is 0 Å². The summed E-state index contributed by atoms with van der Waals surface area (Å²) in [7, 11) is 0. The molecule has 1 aliphatic carbocycles. The van der Waals surface area contributed by atoms with Crippen LogP contribution in [0.5, 0.6) is 0 Å². The number of hydrogen-bond donors (Lipinski definition) is 1. The van der Waals surface area contributed by atoms with E-state index in [-0.39, 0.29) is 11.8 Å². The van der Waals surface area contributed by atoms with Gasteiger partial charge in [-0.3, -0.25) is 4.79 Å². The van der Waals surface area contributed by atoms with Gasteiger partial charge in [-0.15, -0.1) is 0 Å². The first-order valence-electron chi connectivity index (χ1n) is 7.54. The normalized spacial score (nSPS) is 35.4. The lowest BCUT2D eigenvalue weighted by Gasteiger charge is -2.36. The molecule has 1 heterocycles. The van der Waals surface area contributed by atoms with Crippen molar-refractivity contribution in [1.29, 1.82) is 0 Å². The van der Waals surface area contributed by atoms with E-state index in [1.54, 1.807) is 11.8 Å². The number of amides is 1. The highest BCUT2D eigenvalue weighted by Crippen LogP contribution is 2.36. The Morgan fingerprint density at radius 1 is 1.26 bits per heavy atom. The number of nitrogens with zero attached hydrogens (tertiary/aromatic N) is 1. The number of hydrogen-bond acceptors (Lipinski definition) is 2. The summed E-state index contributed by atoms with van der Waals surface area (Å²) in [6.07, 6.45) is 6.68. The lowest BCUT2D eigenvalue weighted by atomic mass is 9.80. The summed E-state index contributed by atoms with van der Waals surface area (Å²) in [5.41, 5.74) is -0.974. The van der Waals surface area contributed by atoms with Crippen molar-refractivity contribution in [1.82, 2.24) is 4.90 Å².